The number of rotatable bonds is 6. The molecule has 0 aromatic heterocycles. The van der Waals surface area contributed by atoms with Gasteiger partial charge in [0.15, 0.2) is 0 Å². The van der Waals surface area contributed by atoms with Crippen LogP contribution in [0.25, 0.3) is 11.1 Å². The summed E-state index contributed by atoms with van der Waals surface area (Å²) in [6.07, 6.45) is 4.05. The molecular weight excluding hydrogens is 436 g/mol. The van der Waals surface area contributed by atoms with Crippen LogP contribution in [0.4, 0.5) is 10.5 Å². The minimum absolute atomic E-state index is 0.246. The van der Waals surface area contributed by atoms with E-state index in [1.165, 1.54) is 0 Å². The summed E-state index contributed by atoms with van der Waals surface area (Å²) in [5, 5.41) is 16.9. The predicted molar refractivity (Wildman–Crippen MR) is 138 cm³/mol. The van der Waals surface area contributed by atoms with E-state index in [2.05, 4.69) is 37.5 Å². The Kier molecular flexibility index (Phi) is 7.80. The summed E-state index contributed by atoms with van der Waals surface area (Å²) >= 11 is 3.31. The Hall–Kier alpha value is -2.57. The minimum Gasteiger partial charge on any atom is -0.507 e. The van der Waals surface area contributed by atoms with Gasteiger partial charge < -0.3 is 15.7 Å². The van der Waals surface area contributed by atoms with Gasteiger partial charge in [-0.15, -0.1) is 23.5 Å². The summed E-state index contributed by atoms with van der Waals surface area (Å²) in [6, 6.07) is 19.5. The van der Waals surface area contributed by atoms with Gasteiger partial charge in [-0.1, -0.05) is 39.0 Å². The number of thioether (sulfide) groups is 2. The number of aromatic hydroxyl groups is 1. The zero-order valence-electron chi connectivity index (χ0n) is 19.2. The number of hydrogen-bond acceptors (Lipinski definition) is 4. The van der Waals surface area contributed by atoms with Gasteiger partial charge in [0.2, 0.25) is 0 Å². The topological polar surface area (TPSA) is 61.4 Å². The fraction of sp³-hybridized carbons (Fsp3) is 0.269. The highest BCUT2D eigenvalue weighted by Gasteiger charge is 2.23. The van der Waals surface area contributed by atoms with Gasteiger partial charge in [0, 0.05) is 33.2 Å². The van der Waals surface area contributed by atoms with Crippen molar-refractivity contribution >= 4 is 35.2 Å². The lowest BCUT2D eigenvalue weighted by molar-refractivity contribution is 0.251. The molecule has 0 aliphatic rings. The van der Waals surface area contributed by atoms with E-state index in [1.807, 2.05) is 67.1 Å². The molecule has 0 radical (unpaired) electrons. The lowest BCUT2D eigenvalue weighted by Crippen LogP contribution is -2.28. The van der Waals surface area contributed by atoms with Gasteiger partial charge in [0.25, 0.3) is 0 Å². The highest BCUT2D eigenvalue weighted by atomic mass is 32.2. The summed E-state index contributed by atoms with van der Waals surface area (Å²) in [5.41, 5.74) is 4.07. The van der Waals surface area contributed by atoms with Crippen molar-refractivity contribution in [3.63, 3.8) is 0 Å². The summed E-state index contributed by atoms with van der Waals surface area (Å²) in [5.74, 6) is 0.293. The van der Waals surface area contributed by atoms with E-state index in [9.17, 15) is 9.90 Å². The van der Waals surface area contributed by atoms with E-state index in [1.54, 1.807) is 23.5 Å². The Morgan fingerprint density at radius 2 is 1.62 bits per heavy atom. The second kappa shape index (κ2) is 10.4. The standard InChI is InChI=1S/C26H30N2O2S2/c1-26(2,3)22-15-17(14-21(24(22)29)20-8-6-7-9-23(20)32-5)16-27-25(30)28-18-10-12-19(31-4)13-11-18/h6-15,29H,16H2,1-5H3,(H2,27,28,30). The maximum Gasteiger partial charge on any atom is 0.319 e. The SMILES string of the molecule is CSc1ccc(NC(=O)NCc2cc(-c3ccccc3SC)c(O)c(C(C)(C)C)c2)cc1. The third-order valence-electron chi connectivity index (χ3n) is 5.18. The predicted octanol–water partition coefficient (Wildman–Crippen LogP) is 7.12. The number of benzene rings is 3. The van der Waals surface area contributed by atoms with Crippen LogP contribution >= 0.6 is 23.5 Å². The first-order valence-electron chi connectivity index (χ1n) is 10.4. The third kappa shape index (κ3) is 5.81. The average molecular weight is 467 g/mol. The quantitative estimate of drug-likeness (QED) is 0.338. The van der Waals surface area contributed by atoms with E-state index in [0.29, 0.717) is 12.3 Å². The van der Waals surface area contributed by atoms with E-state index >= 15 is 0 Å². The Labute approximate surface area is 199 Å². The molecule has 4 nitrogen and oxygen atoms in total. The third-order valence-corrected chi connectivity index (χ3v) is 6.72. The number of carbonyl (C=O) groups excluding carboxylic acids is 1. The Morgan fingerprint density at radius 3 is 2.25 bits per heavy atom. The molecule has 0 spiro atoms. The molecule has 6 heteroatoms. The van der Waals surface area contributed by atoms with Gasteiger partial charge >= 0.3 is 6.03 Å². The van der Waals surface area contributed by atoms with Crippen molar-refractivity contribution < 1.29 is 9.90 Å². The second-order valence-electron chi connectivity index (χ2n) is 8.53. The number of amides is 2. The van der Waals surface area contributed by atoms with Crippen molar-refractivity contribution in [1.82, 2.24) is 5.32 Å². The van der Waals surface area contributed by atoms with Crippen LogP contribution in [0.3, 0.4) is 0 Å². The maximum atomic E-state index is 12.5. The first kappa shape index (κ1) is 24.1. The zero-order chi connectivity index (χ0) is 23.3. The van der Waals surface area contributed by atoms with Crippen molar-refractivity contribution in [2.24, 2.45) is 0 Å². The minimum atomic E-state index is -0.265. The molecule has 3 aromatic carbocycles. The van der Waals surface area contributed by atoms with Gasteiger partial charge in [-0.2, -0.15) is 0 Å². The van der Waals surface area contributed by atoms with Gasteiger partial charge in [-0.25, -0.2) is 4.79 Å². The van der Waals surface area contributed by atoms with Gasteiger partial charge in [-0.05, 0) is 71.5 Å². The Morgan fingerprint density at radius 1 is 0.938 bits per heavy atom. The van der Waals surface area contributed by atoms with Gasteiger partial charge in [0.05, 0.1) is 0 Å². The molecule has 0 unspecified atom stereocenters. The molecule has 0 aliphatic heterocycles. The highest BCUT2D eigenvalue weighted by Crippen LogP contribution is 2.42. The van der Waals surface area contributed by atoms with Crippen LogP contribution in [0.2, 0.25) is 0 Å². The molecule has 0 saturated heterocycles. The lowest BCUT2D eigenvalue weighted by Gasteiger charge is -2.24. The van der Waals surface area contributed by atoms with Crippen molar-refractivity contribution in [3.05, 3.63) is 71.8 Å². The summed E-state index contributed by atoms with van der Waals surface area (Å²) in [7, 11) is 0. The molecule has 168 valence electrons. The van der Waals surface area contributed by atoms with Gasteiger partial charge in [-0.3, -0.25) is 0 Å². The highest BCUT2D eigenvalue weighted by molar-refractivity contribution is 7.98. The smallest absolute Gasteiger partial charge is 0.319 e. The molecule has 3 aromatic rings. The van der Waals surface area contributed by atoms with Crippen molar-refractivity contribution in [2.45, 2.75) is 42.5 Å². The molecule has 2 amide bonds. The largest absolute Gasteiger partial charge is 0.507 e. The van der Waals surface area contributed by atoms with Gasteiger partial charge in [0.1, 0.15) is 5.75 Å². The van der Waals surface area contributed by atoms with E-state index in [4.69, 9.17) is 0 Å². The molecular formula is C26H30N2O2S2. The van der Waals surface area contributed by atoms with E-state index in [-0.39, 0.29) is 11.4 Å². The van der Waals surface area contributed by atoms with Crippen LogP contribution in [-0.4, -0.2) is 23.6 Å². The monoisotopic (exact) mass is 466 g/mol. The normalized spacial score (nSPS) is 11.3. The van der Waals surface area contributed by atoms with Crippen molar-refractivity contribution in [1.29, 1.82) is 0 Å². The molecule has 3 N–H and O–H groups in total. The fourth-order valence-corrected chi connectivity index (χ4v) is 4.49. The second-order valence-corrected chi connectivity index (χ2v) is 10.3. The van der Waals surface area contributed by atoms with Crippen molar-refractivity contribution in [3.8, 4) is 16.9 Å². The first-order valence-corrected chi connectivity index (χ1v) is 12.9. The zero-order valence-corrected chi connectivity index (χ0v) is 20.8. The summed E-state index contributed by atoms with van der Waals surface area (Å²) in [4.78, 5) is 14.7. The van der Waals surface area contributed by atoms with Crippen LogP contribution in [-0.2, 0) is 12.0 Å². The average Bonchev–Trinajstić information content (AvgIpc) is 2.78. The number of nitrogens with one attached hydrogen (secondary N) is 2. The van der Waals surface area contributed by atoms with Crippen LogP contribution < -0.4 is 10.6 Å². The number of carbonyl (C=O) groups is 1. The van der Waals surface area contributed by atoms with Crippen LogP contribution in [0.15, 0.2) is 70.5 Å². The van der Waals surface area contributed by atoms with E-state index < -0.39 is 0 Å². The first-order chi connectivity index (χ1) is 15.2. The number of anilines is 1. The van der Waals surface area contributed by atoms with Crippen LogP contribution in [0.5, 0.6) is 5.75 Å². The number of hydrogen-bond donors (Lipinski definition) is 3. The summed E-state index contributed by atoms with van der Waals surface area (Å²) < 4.78 is 0. The number of urea groups is 1. The summed E-state index contributed by atoms with van der Waals surface area (Å²) in [6.45, 7) is 6.59. The Balaban J connectivity index is 1.86. The fourth-order valence-electron chi connectivity index (χ4n) is 3.47. The maximum absolute atomic E-state index is 12.5. The molecule has 32 heavy (non-hydrogen) atoms. The number of phenolic OH excluding ortho intramolecular Hbond substituents is 1. The van der Waals surface area contributed by atoms with Crippen LogP contribution in [0.1, 0.15) is 31.9 Å². The Bertz CT molecular complexity index is 1090. The van der Waals surface area contributed by atoms with E-state index in [0.717, 1.165) is 37.7 Å². The molecule has 0 atom stereocenters. The van der Waals surface area contributed by atoms with Crippen LogP contribution in [0, 0.1) is 0 Å². The van der Waals surface area contributed by atoms with Crippen molar-refractivity contribution in [2.75, 3.05) is 17.8 Å². The molecule has 0 fully saturated rings. The molecule has 3 rings (SSSR count). The molecule has 0 heterocycles. The molecule has 0 saturated carbocycles. The number of phenols is 1. The molecule has 0 bridgehead atoms. The molecule has 0 aliphatic carbocycles. The lowest BCUT2D eigenvalue weighted by atomic mass is 9.83.